The van der Waals surface area contributed by atoms with Crippen LogP contribution in [0.3, 0.4) is 0 Å². The van der Waals surface area contributed by atoms with Gasteiger partial charge in [0.1, 0.15) is 18.1 Å². The van der Waals surface area contributed by atoms with Crippen molar-refractivity contribution in [1.29, 1.82) is 0 Å². The molecule has 0 aliphatic heterocycles. The van der Waals surface area contributed by atoms with E-state index in [-0.39, 0.29) is 12.3 Å². The Bertz CT molecular complexity index is 884. The molecule has 1 aromatic heterocycles. The van der Waals surface area contributed by atoms with Crippen LogP contribution >= 0.6 is 0 Å². The summed E-state index contributed by atoms with van der Waals surface area (Å²) in [6, 6.07) is 21.3. The molecule has 1 heterocycles. The second-order valence-electron chi connectivity index (χ2n) is 5.46. The summed E-state index contributed by atoms with van der Waals surface area (Å²) in [6.45, 7) is 0.108. The molecule has 3 aromatic rings. The molecule has 0 aliphatic rings. The van der Waals surface area contributed by atoms with Gasteiger partial charge in [-0.3, -0.25) is 4.79 Å². The third-order valence-electron chi connectivity index (χ3n) is 3.55. The van der Waals surface area contributed by atoms with Crippen molar-refractivity contribution in [3.63, 3.8) is 0 Å². The van der Waals surface area contributed by atoms with Crippen LogP contribution in [-0.4, -0.2) is 11.9 Å². The maximum atomic E-state index is 12.5. The van der Waals surface area contributed by atoms with Crippen molar-refractivity contribution in [2.45, 2.75) is 6.61 Å². The number of hydrogen-bond donors (Lipinski definition) is 1. The molecule has 2 aromatic carbocycles. The molecule has 0 saturated carbocycles. The van der Waals surface area contributed by atoms with Crippen molar-refractivity contribution in [2.75, 3.05) is 0 Å². The van der Waals surface area contributed by atoms with E-state index in [0.29, 0.717) is 11.3 Å². The lowest BCUT2D eigenvalue weighted by molar-refractivity contribution is -0.140. The average molecular weight is 347 g/mol. The summed E-state index contributed by atoms with van der Waals surface area (Å²) in [5.74, 6) is -0.611. The van der Waals surface area contributed by atoms with E-state index < -0.39 is 11.9 Å². The highest BCUT2D eigenvalue weighted by Crippen LogP contribution is 2.10. The zero-order valence-corrected chi connectivity index (χ0v) is 13.9. The Morgan fingerprint density at radius 1 is 0.923 bits per heavy atom. The van der Waals surface area contributed by atoms with E-state index in [1.165, 1.54) is 12.3 Å². The summed E-state index contributed by atoms with van der Waals surface area (Å²) in [5.41, 5.74) is 1.30. The predicted octanol–water partition coefficient (Wildman–Crippen LogP) is 3.79. The molecule has 0 spiro atoms. The first-order chi connectivity index (χ1) is 12.7. The second kappa shape index (κ2) is 8.48. The largest absolute Gasteiger partial charge is 0.465 e. The van der Waals surface area contributed by atoms with E-state index in [2.05, 4.69) is 5.32 Å². The molecule has 0 aliphatic carbocycles. The fourth-order valence-corrected chi connectivity index (χ4v) is 2.25. The standard InChI is InChI=1S/C21H17NO4/c23-20(17-10-5-2-6-11-17)22-19(14-18-12-7-13-25-18)21(24)26-15-16-8-3-1-4-9-16/h1-14H,15H2,(H,22,23). The van der Waals surface area contributed by atoms with Crippen LogP contribution in [0.15, 0.2) is 89.2 Å². The average Bonchev–Trinajstić information content (AvgIpc) is 3.20. The molecule has 1 amide bonds. The number of benzene rings is 2. The van der Waals surface area contributed by atoms with E-state index >= 15 is 0 Å². The van der Waals surface area contributed by atoms with Crippen molar-refractivity contribution >= 4 is 18.0 Å². The van der Waals surface area contributed by atoms with E-state index in [1.54, 1.807) is 36.4 Å². The first kappa shape index (κ1) is 17.2. The lowest BCUT2D eigenvalue weighted by atomic mass is 10.2. The Labute approximate surface area is 150 Å². The Morgan fingerprint density at radius 2 is 1.62 bits per heavy atom. The van der Waals surface area contributed by atoms with Gasteiger partial charge in [0.25, 0.3) is 5.91 Å². The Balaban J connectivity index is 1.75. The van der Waals surface area contributed by atoms with Crippen LogP contribution in [0.25, 0.3) is 6.08 Å². The molecule has 0 saturated heterocycles. The van der Waals surface area contributed by atoms with E-state index in [9.17, 15) is 9.59 Å². The summed E-state index contributed by atoms with van der Waals surface area (Å²) < 4.78 is 10.5. The summed E-state index contributed by atoms with van der Waals surface area (Å²) >= 11 is 0. The molecule has 130 valence electrons. The van der Waals surface area contributed by atoms with Gasteiger partial charge in [0, 0.05) is 11.6 Å². The van der Waals surface area contributed by atoms with Gasteiger partial charge in [0.15, 0.2) is 0 Å². The minimum absolute atomic E-state index is 0.00438. The first-order valence-corrected chi connectivity index (χ1v) is 8.05. The van der Waals surface area contributed by atoms with Gasteiger partial charge in [0.05, 0.1) is 6.26 Å². The molecule has 1 N–H and O–H groups in total. The third-order valence-corrected chi connectivity index (χ3v) is 3.55. The monoisotopic (exact) mass is 347 g/mol. The van der Waals surface area contributed by atoms with Crippen molar-refractivity contribution in [2.24, 2.45) is 0 Å². The third kappa shape index (κ3) is 4.70. The van der Waals surface area contributed by atoms with Crippen LogP contribution in [0.5, 0.6) is 0 Å². The maximum Gasteiger partial charge on any atom is 0.355 e. The zero-order chi connectivity index (χ0) is 18.2. The fraction of sp³-hybridized carbons (Fsp3) is 0.0476. The molecule has 5 heteroatoms. The van der Waals surface area contributed by atoms with Gasteiger partial charge < -0.3 is 14.5 Å². The van der Waals surface area contributed by atoms with Crippen molar-refractivity contribution < 1.29 is 18.7 Å². The number of esters is 1. The summed E-state index contributed by atoms with van der Waals surface area (Å²) in [7, 11) is 0. The lowest BCUT2D eigenvalue weighted by Gasteiger charge is -2.10. The molecule has 0 radical (unpaired) electrons. The lowest BCUT2D eigenvalue weighted by Crippen LogP contribution is -2.28. The minimum Gasteiger partial charge on any atom is -0.465 e. The molecule has 0 atom stereocenters. The first-order valence-electron chi connectivity index (χ1n) is 8.05. The number of nitrogens with one attached hydrogen (secondary N) is 1. The molecular weight excluding hydrogens is 330 g/mol. The molecule has 5 nitrogen and oxygen atoms in total. The van der Waals surface area contributed by atoms with Gasteiger partial charge >= 0.3 is 5.97 Å². The topological polar surface area (TPSA) is 68.5 Å². The Morgan fingerprint density at radius 3 is 2.27 bits per heavy atom. The number of carbonyl (C=O) groups excluding carboxylic acids is 2. The highest BCUT2D eigenvalue weighted by Gasteiger charge is 2.16. The fourth-order valence-electron chi connectivity index (χ4n) is 2.25. The van der Waals surface area contributed by atoms with Crippen LogP contribution in [0.4, 0.5) is 0 Å². The van der Waals surface area contributed by atoms with Gasteiger partial charge in [-0.25, -0.2) is 4.79 Å². The number of hydrogen-bond acceptors (Lipinski definition) is 4. The van der Waals surface area contributed by atoms with Crippen LogP contribution in [0.1, 0.15) is 21.7 Å². The van der Waals surface area contributed by atoms with Crippen LogP contribution in [0, 0.1) is 0 Å². The van der Waals surface area contributed by atoms with E-state index in [1.807, 2.05) is 36.4 Å². The van der Waals surface area contributed by atoms with E-state index in [4.69, 9.17) is 9.15 Å². The Hall–Kier alpha value is -3.60. The normalized spacial score (nSPS) is 11.0. The molecule has 26 heavy (non-hydrogen) atoms. The quantitative estimate of drug-likeness (QED) is 0.544. The predicted molar refractivity (Wildman–Crippen MR) is 96.8 cm³/mol. The molecule has 3 rings (SSSR count). The van der Waals surface area contributed by atoms with Gasteiger partial charge in [-0.1, -0.05) is 48.5 Å². The van der Waals surface area contributed by atoms with Gasteiger partial charge in [-0.15, -0.1) is 0 Å². The SMILES string of the molecule is O=C(OCc1ccccc1)C(=Cc1ccco1)NC(=O)c1ccccc1. The molecule has 0 fully saturated rings. The van der Waals surface area contributed by atoms with Crippen LogP contribution in [-0.2, 0) is 16.1 Å². The number of furan rings is 1. The van der Waals surface area contributed by atoms with Crippen molar-refractivity contribution in [3.8, 4) is 0 Å². The number of ether oxygens (including phenoxy) is 1. The molecule has 0 unspecified atom stereocenters. The highest BCUT2D eigenvalue weighted by molar-refractivity contribution is 6.03. The van der Waals surface area contributed by atoms with E-state index in [0.717, 1.165) is 5.56 Å². The molecule has 0 bridgehead atoms. The van der Waals surface area contributed by atoms with Crippen LogP contribution < -0.4 is 5.32 Å². The van der Waals surface area contributed by atoms with Crippen LogP contribution in [0.2, 0.25) is 0 Å². The zero-order valence-electron chi connectivity index (χ0n) is 13.9. The number of carbonyl (C=O) groups is 2. The Kier molecular flexibility index (Phi) is 5.62. The smallest absolute Gasteiger partial charge is 0.355 e. The minimum atomic E-state index is -0.644. The van der Waals surface area contributed by atoms with Crippen molar-refractivity contribution in [3.05, 3.63) is 102 Å². The highest BCUT2D eigenvalue weighted by atomic mass is 16.5. The summed E-state index contributed by atoms with van der Waals surface area (Å²) in [5, 5.41) is 2.60. The molecular formula is C21H17NO4. The summed E-state index contributed by atoms with van der Waals surface area (Å²) in [6.07, 6.45) is 2.92. The second-order valence-corrected chi connectivity index (χ2v) is 5.46. The van der Waals surface area contributed by atoms with Gasteiger partial charge in [-0.2, -0.15) is 0 Å². The van der Waals surface area contributed by atoms with Crippen molar-refractivity contribution in [1.82, 2.24) is 5.32 Å². The maximum absolute atomic E-state index is 12.5. The number of amides is 1. The summed E-state index contributed by atoms with van der Waals surface area (Å²) in [4.78, 5) is 24.8. The number of rotatable bonds is 6. The van der Waals surface area contributed by atoms with Gasteiger partial charge in [-0.05, 0) is 29.8 Å². The van der Waals surface area contributed by atoms with Gasteiger partial charge in [0.2, 0.25) is 0 Å².